The lowest BCUT2D eigenvalue weighted by atomic mass is 10.4. The van der Waals surface area contributed by atoms with Gasteiger partial charge in [0.25, 0.3) is 0 Å². The van der Waals surface area contributed by atoms with Crippen LogP contribution in [0.15, 0.2) is 6.07 Å². The number of methoxy groups -OCH3 is 1. The van der Waals surface area contributed by atoms with Crippen molar-refractivity contribution >= 4 is 6.29 Å². The van der Waals surface area contributed by atoms with E-state index in [0.717, 1.165) is 17.7 Å². The Labute approximate surface area is 59.0 Å². The molecule has 0 aliphatic heterocycles. The molecular formula is C7H9NO2. The summed E-state index contributed by atoms with van der Waals surface area (Å²) in [6.07, 6.45) is 0.759. The second-order valence-electron chi connectivity index (χ2n) is 2.04. The van der Waals surface area contributed by atoms with Crippen molar-refractivity contribution in [2.24, 2.45) is 0 Å². The third-order valence-electron chi connectivity index (χ3n) is 1.33. The summed E-state index contributed by atoms with van der Waals surface area (Å²) in [7, 11) is 1.57. The Balaban J connectivity index is 3.03. The van der Waals surface area contributed by atoms with Gasteiger partial charge in [-0.3, -0.25) is 4.79 Å². The van der Waals surface area contributed by atoms with Crippen LogP contribution in [0.5, 0.6) is 5.75 Å². The van der Waals surface area contributed by atoms with Gasteiger partial charge in [-0.2, -0.15) is 0 Å². The molecule has 1 rings (SSSR count). The first-order valence-electron chi connectivity index (χ1n) is 2.96. The fourth-order valence-corrected chi connectivity index (χ4v) is 0.839. The molecular weight excluding hydrogens is 130 g/mol. The summed E-state index contributed by atoms with van der Waals surface area (Å²) in [5.74, 6) is 0.724. The highest BCUT2D eigenvalue weighted by Gasteiger charge is 2.01. The van der Waals surface area contributed by atoms with E-state index in [0.29, 0.717) is 5.69 Å². The Kier molecular flexibility index (Phi) is 1.76. The van der Waals surface area contributed by atoms with Crippen LogP contribution in [-0.4, -0.2) is 18.4 Å². The van der Waals surface area contributed by atoms with Crippen LogP contribution in [0.1, 0.15) is 16.2 Å². The van der Waals surface area contributed by atoms with E-state index in [4.69, 9.17) is 4.74 Å². The quantitative estimate of drug-likeness (QED) is 0.624. The van der Waals surface area contributed by atoms with E-state index in [1.807, 2.05) is 6.92 Å². The molecule has 3 nitrogen and oxygen atoms in total. The van der Waals surface area contributed by atoms with E-state index in [2.05, 4.69) is 4.98 Å². The van der Waals surface area contributed by atoms with E-state index in [1.54, 1.807) is 13.2 Å². The molecule has 1 aromatic heterocycles. The molecule has 0 unspecified atom stereocenters. The van der Waals surface area contributed by atoms with Gasteiger partial charge in [-0.25, -0.2) is 0 Å². The lowest BCUT2D eigenvalue weighted by Crippen LogP contribution is -1.81. The van der Waals surface area contributed by atoms with Gasteiger partial charge in [0, 0.05) is 6.07 Å². The molecule has 0 aliphatic rings. The van der Waals surface area contributed by atoms with Crippen LogP contribution in [-0.2, 0) is 0 Å². The van der Waals surface area contributed by atoms with Crippen molar-refractivity contribution < 1.29 is 9.53 Å². The van der Waals surface area contributed by atoms with Crippen molar-refractivity contribution in [3.8, 4) is 5.75 Å². The lowest BCUT2D eigenvalue weighted by Gasteiger charge is -1.92. The molecule has 0 bridgehead atoms. The van der Waals surface area contributed by atoms with Crippen LogP contribution in [0.25, 0.3) is 0 Å². The molecule has 1 aromatic rings. The molecule has 0 aromatic carbocycles. The Morgan fingerprint density at radius 3 is 2.70 bits per heavy atom. The number of rotatable bonds is 2. The summed E-state index contributed by atoms with van der Waals surface area (Å²) in [5.41, 5.74) is 1.43. The standard InChI is InChI=1S/C7H9NO2/c1-5-7(10-2)3-6(4-9)8-5/h3-4,8H,1-2H3. The van der Waals surface area contributed by atoms with Gasteiger partial charge in [-0.1, -0.05) is 0 Å². The van der Waals surface area contributed by atoms with Crippen LogP contribution in [0, 0.1) is 6.92 Å². The van der Waals surface area contributed by atoms with Gasteiger partial charge in [-0.15, -0.1) is 0 Å². The van der Waals surface area contributed by atoms with Crippen LogP contribution < -0.4 is 4.74 Å². The number of aromatic amines is 1. The Bertz CT molecular complexity index is 240. The second-order valence-corrected chi connectivity index (χ2v) is 2.04. The summed E-state index contributed by atoms with van der Waals surface area (Å²) in [6.45, 7) is 1.85. The van der Waals surface area contributed by atoms with E-state index in [1.165, 1.54) is 0 Å². The zero-order valence-corrected chi connectivity index (χ0v) is 5.97. The Hall–Kier alpha value is -1.25. The highest BCUT2D eigenvalue weighted by molar-refractivity contribution is 5.73. The summed E-state index contributed by atoms with van der Waals surface area (Å²) in [5, 5.41) is 0. The number of carbonyl (C=O) groups is 1. The predicted molar refractivity (Wildman–Crippen MR) is 37.5 cm³/mol. The van der Waals surface area contributed by atoms with Crippen molar-refractivity contribution in [2.45, 2.75) is 6.92 Å². The number of H-pyrrole nitrogens is 1. The average Bonchev–Trinajstić information content (AvgIpc) is 2.30. The molecule has 0 amide bonds. The molecule has 0 saturated heterocycles. The first-order valence-corrected chi connectivity index (χ1v) is 2.96. The van der Waals surface area contributed by atoms with Gasteiger partial charge in [0.05, 0.1) is 18.5 Å². The van der Waals surface area contributed by atoms with Crippen molar-refractivity contribution in [3.63, 3.8) is 0 Å². The van der Waals surface area contributed by atoms with Crippen LogP contribution in [0.3, 0.4) is 0 Å². The van der Waals surface area contributed by atoms with Gasteiger partial charge in [-0.05, 0) is 6.92 Å². The first kappa shape index (κ1) is 6.86. The minimum atomic E-state index is 0.550. The van der Waals surface area contributed by atoms with Gasteiger partial charge in [0.1, 0.15) is 5.75 Å². The minimum Gasteiger partial charge on any atom is -0.495 e. The monoisotopic (exact) mass is 139 g/mol. The molecule has 0 radical (unpaired) electrons. The maximum absolute atomic E-state index is 10.2. The van der Waals surface area contributed by atoms with Gasteiger partial charge < -0.3 is 9.72 Å². The number of aldehydes is 1. The summed E-state index contributed by atoms with van der Waals surface area (Å²) in [4.78, 5) is 13.1. The smallest absolute Gasteiger partial charge is 0.166 e. The largest absolute Gasteiger partial charge is 0.495 e. The fourth-order valence-electron chi connectivity index (χ4n) is 0.839. The normalized spacial score (nSPS) is 9.40. The SMILES string of the molecule is COc1cc(C=O)[nH]c1C. The molecule has 1 N–H and O–H groups in total. The highest BCUT2D eigenvalue weighted by Crippen LogP contribution is 2.16. The molecule has 0 spiro atoms. The third kappa shape index (κ3) is 1.03. The van der Waals surface area contributed by atoms with Crippen LogP contribution in [0.2, 0.25) is 0 Å². The van der Waals surface area contributed by atoms with Gasteiger partial charge in [0.15, 0.2) is 6.29 Å². The maximum atomic E-state index is 10.2. The lowest BCUT2D eigenvalue weighted by molar-refractivity contribution is 0.111. The zero-order chi connectivity index (χ0) is 7.56. The van der Waals surface area contributed by atoms with Gasteiger partial charge in [0.2, 0.25) is 0 Å². The zero-order valence-electron chi connectivity index (χ0n) is 5.97. The van der Waals surface area contributed by atoms with Gasteiger partial charge >= 0.3 is 0 Å². The fraction of sp³-hybridized carbons (Fsp3) is 0.286. The van der Waals surface area contributed by atoms with Crippen molar-refractivity contribution in [1.29, 1.82) is 0 Å². The number of aromatic nitrogens is 1. The maximum Gasteiger partial charge on any atom is 0.166 e. The van der Waals surface area contributed by atoms with E-state index in [-0.39, 0.29) is 0 Å². The Morgan fingerprint density at radius 1 is 1.70 bits per heavy atom. The molecule has 0 aliphatic carbocycles. The molecule has 54 valence electrons. The number of hydrogen-bond acceptors (Lipinski definition) is 2. The second kappa shape index (κ2) is 2.56. The molecule has 0 fully saturated rings. The summed E-state index contributed by atoms with van der Waals surface area (Å²) < 4.78 is 4.94. The van der Waals surface area contributed by atoms with E-state index >= 15 is 0 Å². The number of nitrogens with one attached hydrogen (secondary N) is 1. The first-order chi connectivity index (χ1) is 4.77. The van der Waals surface area contributed by atoms with Crippen molar-refractivity contribution in [1.82, 2.24) is 4.98 Å². The Morgan fingerprint density at radius 2 is 2.40 bits per heavy atom. The molecule has 0 atom stereocenters. The molecule has 1 heterocycles. The van der Waals surface area contributed by atoms with Crippen LogP contribution in [0.4, 0.5) is 0 Å². The third-order valence-corrected chi connectivity index (χ3v) is 1.33. The molecule has 10 heavy (non-hydrogen) atoms. The summed E-state index contributed by atoms with van der Waals surface area (Å²) >= 11 is 0. The van der Waals surface area contributed by atoms with Crippen molar-refractivity contribution in [3.05, 3.63) is 17.5 Å². The average molecular weight is 139 g/mol. The minimum absolute atomic E-state index is 0.550. The number of ether oxygens (including phenoxy) is 1. The molecule has 3 heteroatoms. The van der Waals surface area contributed by atoms with E-state index < -0.39 is 0 Å². The van der Waals surface area contributed by atoms with E-state index in [9.17, 15) is 4.79 Å². The van der Waals surface area contributed by atoms with Crippen molar-refractivity contribution in [2.75, 3.05) is 7.11 Å². The topological polar surface area (TPSA) is 42.1 Å². The number of aryl methyl sites for hydroxylation is 1. The van der Waals surface area contributed by atoms with Crippen LogP contribution >= 0.6 is 0 Å². The number of hydrogen-bond donors (Lipinski definition) is 1. The molecule has 0 saturated carbocycles. The summed E-state index contributed by atoms with van der Waals surface area (Å²) in [6, 6.07) is 1.67. The number of carbonyl (C=O) groups excluding carboxylic acids is 1. The highest BCUT2D eigenvalue weighted by atomic mass is 16.5. The predicted octanol–water partition coefficient (Wildman–Crippen LogP) is 1.14.